The molecule has 0 aromatic carbocycles. The van der Waals surface area contributed by atoms with Gasteiger partial charge in [0.05, 0.1) is 52.9 Å². The highest BCUT2D eigenvalue weighted by molar-refractivity contribution is 5.97. The molecule has 3 N–H and O–H groups in total. The third kappa shape index (κ3) is 4.15. The number of hydrogen-bond acceptors (Lipinski definition) is 7. The van der Waals surface area contributed by atoms with Crippen LogP contribution < -0.4 is 10.2 Å². The molecule has 6 heterocycles. The first-order valence-electron chi connectivity index (χ1n) is 13.4. The van der Waals surface area contributed by atoms with Crippen LogP contribution in [0.2, 0.25) is 0 Å². The molecular formula is C28H29N9O. The number of carbonyl (C=O) groups excluding carboxylic acids is 1. The largest absolute Gasteiger partial charge is 0.368 e. The molecule has 0 spiro atoms. The summed E-state index contributed by atoms with van der Waals surface area (Å²) in [5, 5.41) is 11.6. The maximum atomic E-state index is 12.6. The molecule has 1 aliphatic heterocycles. The summed E-state index contributed by atoms with van der Waals surface area (Å²) in [4.78, 5) is 36.8. The van der Waals surface area contributed by atoms with Crippen molar-refractivity contribution in [3.8, 4) is 22.8 Å². The van der Waals surface area contributed by atoms with E-state index in [1.54, 1.807) is 18.6 Å². The van der Waals surface area contributed by atoms with Crippen molar-refractivity contribution in [2.75, 3.05) is 23.3 Å². The summed E-state index contributed by atoms with van der Waals surface area (Å²) in [5.41, 5.74) is 6.67. The number of piperidine rings is 1. The van der Waals surface area contributed by atoms with E-state index in [1.165, 1.54) is 19.3 Å². The van der Waals surface area contributed by atoms with Crippen molar-refractivity contribution in [2.24, 2.45) is 5.92 Å². The molecule has 1 amide bonds. The van der Waals surface area contributed by atoms with Crippen LogP contribution >= 0.6 is 0 Å². The van der Waals surface area contributed by atoms with Crippen LogP contribution in [-0.2, 0) is 4.79 Å². The molecule has 0 bridgehead atoms. The molecule has 1 saturated heterocycles. The van der Waals surface area contributed by atoms with Gasteiger partial charge >= 0.3 is 0 Å². The molecule has 38 heavy (non-hydrogen) atoms. The summed E-state index contributed by atoms with van der Waals surface area (Å²) in [6.45, 7) is 2.05. The van der Waals surface area contributed by atoms with Crippen LogP contribution in [0.15, 0.2) is 43.1 Å². The Labute approximate surface area is 219 Å². The standard InChI is InChI=1S/C28H29N9O/c38-28(17-6-2-3-7-17)32-19-10-18(12-29-13-19)21-11-20-22(15-31-21)35-36-25(20)27-33-23-14-30-16-24(26(23)34-27)37-8-4-1-5-9-37/h10-17H,1-9H2,(H,32,38)(H,33,34)(H,35,36). The lowest BCUT2D eigenvalue weighted by atomic mass is 10.1. The van der Waals surface area contributed by atoms with Crippen molar-refractivity contribution in [2.45, 2.75) is 44.9 Å². The number of aromatic nitrogens is 7. The minimum Gasteiger partial charge on any atom is -0.368 e. The Kier molecular flexibility index (Phi) is 5.71. The van der Waals surface area contributed by atoms with Crippen LogP contribution in [0.25, 0.3) is 44.7 Å². The highest BCUT2D eigenvalue weighted by Gasteiger charge is 2.23. The minimum atomic E-state index is 0.0743. The van der Waals surface area contributed by atoms with Gasteiger partial charge in [-0.25, -0.2) is 4.98 Å². The summed E-state index contributed by atoms with van der Waals surface area (Å²) in [6, 6.07) is 3.91. The van der Waals surface area contributed by atoms with Crippen molar-refractivity contribution < 1.29 is 4.79 Å². The fraction of sp³-hybridized carbons (Fsp3) is 0.357. The summed E-state index contributed by atoms with van der Waals surface area (Å²) in [6.07, 6.45) is 16.7. The highest BCUT2D eigenvalue weighted by atomic mass is 16.1. The van der Waals surface area contributed by atoms with E-state index in [2.05, 4.69) is 40.3 Å². The van der Waals surface area contributed by atoms with Crippen LogP contribution in [0.5, 0.6) is 0 Å². The molecule has 192 valence electrons. The molecule has 10 heteroatoms. The van der Waals surface area contributed by atoms with Crippen LogP contribution in [-0.4, -0.2) is 54.1 Å². The number of anilines is 2. The fourth-order valence-corrected chi connectivity index (χ4v) is 5.73. The number of nitrogens with zero attached hydrogens (tertiary/aromatic N) is 6. The van der Waals surface area contributed by atoms with Crippen molar-refractivity contribution in [1.82, 2.24) is 35.1 Å². The third-order valence-corrected chi connectivity index (χ3v) is 7.77. The van der Waals surface area contributed by atoms with Gasteiger partial charge < -0.3 is 15.2 Å². The first-order chi connectivity index (χ1) is 18.7. The Balaban J connectivity index is 1.22. The smallest absolute Gasteiger partial charge is 0.227 e. The first kappa shape index (κ1) is 22.8. The van der Waals surface area contributed by atoms with Gasteiger partial charge in [-0.15, -0.1) is 0 Å². The van der Waals surface area contributed by atoms with E-state index < -0.39 is 0 Å². The van der Waals surface area contributed by atoms with Gasteiger partial charge in [-0.3, -0.25) is 24.8 Å². The van der Waals surface area contributed by atoms with Gasteiger partial charge in [0.1, 0.15) is 11.2 Å². The molecule has 1 saturated carbocycles. The van der Waals surface area contributed by atoms with Crippen LogP contribution in [0.4, 0.5) is 11.4 Å². The molecule has 10 nitrogen and oxygen atoms in total. The fourth-order valence-electron chi connectivity index (χ4n) is 5.73. The predicted molar refractivity (Wildman–Crippen MR) is 147 cm³/mol. The normalized spacial score (nSPS) is 16.5. The van der Waals surface area contributed by atoms with Crippen molar-refractivity contribution in [1.29, 1.82) is 0 Å². The van der Waals surface area contributed by atoms with Gasteiger partial charge in [-0.1, -0.05) is 12.8 Å². The number of imidazole rings is 1. The Morgan fingerprint density at radius 2 is 1.76 bits per heavy atom. The number of H-pyrrole nitrogens is 2. The zero-order valence-electron chi connectivity index (χ0n) is 21.1. The van der Waals surface area contributed by atoms with E-state index >= 15 is 0 Å². The van der Waals surface area contributed by atoms with Gasteiger partial charge in [0.15, 0.2) is 5.82 Å². The first-order valence-corrected chi connectivity index (χ1v) is 13.4. The number of fused-ring (bicyclic) bond motifs is 2. The van der Waals surface area contributed by atoms with E-state index in [0.29, 0.717) is 11.5 Å². The summed E-state index contributed by atoms with van der Waals surface area (Å²) in [7, 11) is 0. The zero-order valence-corrected chi connectivity index (χ0v) is 21.1. The number of nitrogens with one attached hydrogen (secondary N) is 3. The van der Waals surface area contributed by atoms with Gasteiger partial charge in [0.2, 0.25) is 5.91 Å². The quantitative estimate of drug-likeness (QED) is 0.303. The topological polar surface area (TPSA) is 128 Å². The zero-order chi connectivity index (χ0) is 25.5. The predicted octanol–water partition coefficient (Wildman–Crippen LogP) is 5.08. The van der Waals surface area contributed by atoms with E-state index in [4.69, 9.17) is 4.98 Å². The molecule has 2 aliphatic rings. The van der Waals surface area contributed by atoms with Gasteiger partial charge in [-0.2, -0.15) is 5.10 Å². The van der Waals surface area contributed by atoms with Crippen LogP contribution in [0.3, 0.4) is 0 Å². The van der Waals surface area contributed by atoms with E-state index in [1.807, 2.05) is 24.5 Å². The number of hydrogen-bond donors (Lipinski definition) is 3. The molecule has 5 aromatic rings. The van der Waals surface area contributed by atoms with Crippen molar-refractivity contribution >= 4 is 39.2 Å². The number of amides is 1. The molecule has 5 aromatic heterocycles. The monoisotopic (exact) mass is 507 g/mol. The van der Waals surface area contributed by atoms with Gasteiger partial charge in [-0.05, 0) is 44.2 Å². The number of rotatable bonds is 5. The van der Waals surface area contributed by atoms with E-state index in [-0.39, 0.29) is 11.8 Å². The third-order valence-electron chi connectivity index (χ3n) is 7.77. The Hall–Kier alpha value is -4.34. The average Bonchev–Trinajstić information content (AvgIpc) is 3.73. The summed E-state index contributed by atoms with van der Waals surface area (Å²) in [5.74, 6) is 0.853. The van der Waals surface area contributed by atoms with Crippen molar-refractivity contribution in [3.05, 3.63) is 43.1 Å². The maximum Gasteiger partial charge on any atom is 0.227 e. The molecule has 2 fully saturated rings. The second-order valence-electron chi connectivity index (χ2n) is 10.3. The number of aromatic amines is 2. The Morgan fingerprint density at radius 1 is 0.921 bits per heavy atom. The minimum absolute atomic E-state index is 0.0743. The van der Waals surface area contributed by atoms with Crippen LogP contribution in [0, 0.1) is 5.92 Å². The van der Waals surface area contributed by atoms with Gasteiger partial charge in [0, 0.05) is 36.2 Å². The SMILES string of the molecule is O=C(Nc1cncc(-c2cc3c(-c4nc5c(N6CCCCC6)cncc5[nH]4)n[nH]c3cn2)c1)C1CCCC1. The molecular weight excluding hydrogens is 478 g/mol. The van der Waals surface area contributed by atoms with E-state index in [9.17, 15) is 4.79 Å². The maximum absolute atomic E-state index is 12.6. The Morgan fingerprint density at radius 3 is 2.63 bits per heavy atom. The summed E-state index contributed by atoms with van der Waals surface area (Å²) >= 11 is 0. The molecule has 1 aliphatic carbocycles. The summed E-state index contributed by atoms with van der Waals surface area (Å²) < 4.78 is 0. The average molecular weight is 508 g/mol. The highest BCUT2D eigenvalue weighted by Crippen LogP contribution is 2.33. The Bertz CT molecular complexity index is 1630. The van der Waals surface area contributed by atoms with Crippen LogP contribution in [0.1, 0.15) is 44.9 Å². The molecule has 0 unspecified atom stereocenters. The van der Waals surface area contributed by atoms with Gasteiger partial charge in [0.25, 0.3) is 0 Å². The lowest BCUT2D eigenvalue weighted by Gasteiger charge is -2.28. The lowest BCUT2D eigenvalue weighted by molar-refractivity contribution is -0.119. The molecule has 0 atom stereocenters. The molecule has 7 rings (SSSR count). The number of carbonyl (C=O) groups is 1. The molecule has 0 radical (unpaired) electrons. The second-order valence-corrected chi connectivity index (χ2v) is 10.3. The lowest BCUT2D eigenvalue weighted by Crippen LogP contribution is -2.29. The number of pyridine rings is 3. The van der Waals surface area contributed by atoms with Crippen molar-refractivity contribution in [3.63, 3.8) is 0 Å². The second kappa shape index (κ2) is 9.51. The van der Waals surface area contributed by atoms with E-state index in [0.717, 1.165) is 83.3 Å².